The minimum absolute atomic E-state index is 0.0513. The predicted molar refractivity (Wildman–Crippen MR) is 150 cm³/mol. The van der Waals surface area contributed by atoms with E-state index in [1.807, 2.05) is 92.5 Å². The van der Waals surface area contributed by atoms with E-state index in [1.165, 1.54) is 0 Å². The van der Waals surface area contributed by atoms with Gasteiger partial charge < -0.3 is 19.6 Å². The number of nitrogens with one attached hydrogen (secondary N) is 2. The molecule has 7 heteroatoms. The molecule has 0 radical (unpaired) electrons. The Bertz CT molecular complexity index is 1690. The summed E-state index contributed by atoms with van der Waals surface area (Å²) in [5, 5.41) is 6.92. The Kier molecular flexibility index (Phi) is 6.83. The first-order chi connectivity index (χ1) is 18.3. The average Bonchev–Trinajstić information content (AvgIpc) is 3.35. The van der Waals surface area contributed by atoms with Gasteiger partial charge in [-0.05, 0) is 56.2 Å². The van der Waals surface area contributed by atoms with Crippen molar-refractivity contribution in [2.75, 3.05) is 5.32 Å². The van der Waals surface area contributed by atoms with Gasteiger partial charge in [0, 0.05) is 48.9 Å². The number of anilines is 1. The average molecular weight is 507 g/mol. The van der Waals surface area contributed by atoms with Gasteiger partial charge in [0.1, 0.15) is 11.3 Å². The van der Waals surface area contributed by atoms with Crippen LogP contribution in [0.1, 0.15) is 45.7 Å². The van der Waals surface area contributed by atoms with Crippen LogP contribution in [0.2, 0.25) is 0 Å². The molecule has 3 heterocycles. The molecule has 5 rings (SSSR count). The zero-order valence-corrected chi connectivity index (χ0v) is 21.9. The van der Waals surface area contributed by atoms with Crippen LogP contribution in [0, 0.1) is 13.8 Å². The van der Waals surface area contributed by atoms with Gasteiger partial charge in [-0.1, -0.05) is 36.4 Å². The standard InChI is InChI=1S/C31H30N4O3/c1-19-15-24(30-25(16-19)28(36)20(2)29(38-30)23-9-6-5-7-10-23)21(3)34-26-11-8-13-32-27(26)31(37)33-17-22-12-14-35(4)18-22/h5-16,18,21,34H,17H2,1-4H3,(H,33,37)/t21-/m1/s1. The molecule has 0 aliphatic rings. The molecule has 0 saturated carbocycles. The summed E-state index contributed by atoms with van der Waals surface area (Å²) < 4.78 is 8.37. The van der Waals surface area contributed by atoms with E-state index in [-0.39, 0.29) is 17.4 Å². The van der Waals surface area contributed by atoms with Crippen molar-refractivity contribution >= 4 is 22.6 Å². The van der Waals surface area contributed by atoms with Crippen LogP contribution in [0.3, 0.4) is 0 Å². The van der Waals surface area contributed by atoms with Crippen LogP contribution in [0.15, 0.2) is 88.5 Å². The Labute approximate surface area is 221 Å². The van der Waals surface area contributed by atoms with Gasteiger partial charge in [-0.2, -0.15) is 0 Å². The van der Waals surface area contributed by atoms with E-state index in [4.69, 9.17) is 4.42 Å². The largest absolute Gasteiger partial charge is 0.455 e. The van der Waals surface area contributed by atoms with Gasteiger partial charge in [0.05, 0.1) is 17.1 Å². The molecule has 0 aliphatic heterocycles. The van der Waals surface area contributed by atoms with Crippen molar-refractivity contribution in [1.82, 2.24) is 14.9 Å². The minimum Gasteiger partial charge on any atom is -0.455 e. The van der Waals surface area contributed by atoms with E-state index < -0.39 is 0 Å². The van der Waals surface area contributed by atoms with Crippen molar-refractivity contribution in [3.63, 3.8) is 0 Å². The molecule has 192 valence electrons. The lowest BCUT2D eigenvalue weighted by Crippen LogP contribution is -2.25. The van der Waals surface area contributed by atoms with Gasteiger partial charge in [0.2, 0.25) is 0 Å². The Balaban J connectivity index is 1.49. The SMILES string of the molecule is Cc1cc([C@@H](C)Nc2cccnc2C(=O)NCc2ccn(C)c2)c2oc(-c3ccccc3)c(C)c(=O)c2c1. The second kappa shape index (κ2) is 10.4. The third-order valence-electron chi connectivity index (χ3n) is 6.64. The van der Waals surface area contributed by atoms with Crippen LogP contribution in [-0.4, -0.2) is 15.5 Å². The smallest absolute Gasteiger partial charge is 0.272 e. The quantitative estimate of drug-likeness (QED) is 0.286. The number of rotatable bonds is 7. The molecule has 0 fully saturated rings. The number of hydrogen-bond acceptors (Lipinski definition) is 5. The van der Waals surface area contributed by atoms with Crippen LogP contribution in [-0.2, 0) is 13.6 Å². The lowest BCUT2D eigenvalue weighted by atomic mass is 9.98. The van der Waals surface area contributed by atoms with Gasteiger partial charge in [-0.3, -0.25) is 9.59 Å². The van der Waals surface area contributed by atoms with Crippen LogP contribution >= 0.6 is 0 Å². The summed E-state index contributed by atoms with van der Waals surface area (Å²) in [6.07, 6.45) is 5.50. The molecule has 5 aromatic rings. The lowest BCUT2D eigenvalue weighted by molar-refractivity contribution is 0.0946. The summed E-state index contributed by atoms with van der Waals surface area (Å²) in [5.41, 5.74) is 5.58. The first-order valence-electron chi connectivity index (χ1n) is 12.6. The number of nitrogens with zero attached hydrogens (tertiary/aromatic N) is 2. The highest BCUT2D eigenvalue weighted by atomic mass is 16.3. The third-order valence-corrected chi connectivity index (χ3v) is 6.64. The molecule has 0 saturated heterocycles. The summed E-state index contributed by atoms with van der Waals surface area (Å²) in [7, 11) is 1.94. The van der Waals surface area contributed by atoms with Crippen molar-refractivity contribution in [2.24, 2.45) is 7.05 Å². The number of hydrogen-bond donors (Lipinski definition) is 2. The second-order valence-electron chi connectivity index (χ2n) is 9.62. The molecule has 38 heavy (non-hydrogen) atoms. The fraction of sp³-hybridized carbons (Fsp3) is 0.194. The molecule has 7 nitrogen and oxygen atoms in total. The Hall–Kier alpha value is -4.65. The summed E-state index contributed by atoms with van der Waals surface area (Å²) in [6, 6.07) is 18.8. The molecule has 0 bridgehead atoms. The van der Waals surface area contributed by atoms with Gasteiger partial charge in [-0.15, -0.1) is 0 Å². The van der Waals surface area contributed by atoms with E-state index >= 15 is 0 Å². The van der Waals surface area contributed by atoms with Gasteiger partial charge in [0.15, 0.2) is 11.1 Å². The molecule has 0 aliphatic carbocycles. The summed E-state index contributed by atoms with van der Waals surface area (Å²) in [4.78, 5) is 30.8. The fourth-order valence-corrected chi connectivity index (χ4v) is 4.70. The number of benzene rings is 2. The van der Waals surface area contributed by atoms with Crippen LogP contribution in [0.5, 0.6) is 0 Å². The summed E-state index contributed by atoms with van der Waals surface area (Å²) in [6.45, 7) is 6.14. The normalized spacial score (nSPS) is 11.9. The van der Waals surface area contributed by atoms with E-state index in [0.29, 0.717) is 40.2 Å². The number of amides is 1. The molecule has 2 aromatic carbocycles. The number of fused-ring (bicyclic) bond motifs is 1. The highest BCUT2D eigenvalue weighted by molar-refractivity contribution is 5.97. The number of carbonyl (C=O) groups excluding carboxylic acids is 1. The third kappa shape index (κ3) is 4.95. The maximum absolute atomic E-state index is 13.4. The minimum atomic E-state index is -0.281. The highest BCUT2D eigenvalue weighted by Gasteiger charge is 2.21. The number of aryl methyl sites for hydroxylation is 2. The first kappa shape index (κ1) is 25.0. The van der Waals surface area contributed by atoms with E-state index in [1.54, 1.807) is 19.2 Å². The molecular weight excluding hydrogens is 476 g/mol. The van der Waals surface area contributed by atoms with Crippen molar-refractivity contribution < 1.29 is 9.21 Å². The number of aromatic nitrogens is 2. The predicted octanol–water partition coefficient (Wildman–Crippen LogP) is 5.91. The summed E-state index contributed by atoms with van der Waals surface area (Å²) >= 11 is 0. The van der Waals surface area contributed by atoms with Crippen molar-refractivity contribution in [1.29, 1.82) is 0 Å². The van der Waals surface area contributed by atoms with Crippen molar-refractivity contribution in [3.8, 4) is 11.3 Å². The van der Waals surface area contributed by atoms with E-state index in [0.717, 1.165) is 22.3 Å². The Morgan fingerprint density at radius 3 is 2.61 bits per heavy atom. The van der Waals surface area contributed by atoms with Crippen LogP contribution in [0.25, 0.3) is 22.3 Å². The fourth-order valence-electron chi connectivity index (χ4n) is 4.70. The van der Waals surface area contributed by atoms with E-state index in [9.17, 15) is 9.59 Å². The first-order valence-corrected chi connectivity index (χ1v) is 12.6. The van der Waals surface area contributed by atoms with Gasteiger partial charge >= 0.3 is 0 Å². The molecule has 1 amide bonds. The van der Waals surface area contributed by atoms with Gasteiger partial charge in [-0.25, -0.2) is 4.98 Å². The molecule has 0 unspecified atom stereocenters. The maximum Gasteiger partial charge on any atom is 0.272 e. The van der Waals surface area contributed by atoms with E-state index in [2.05, 4.69) is 15.6 Å². The Morgan fingerprint density at radius 2 is 1.87 bits per heavy atom. The lowest BCUT2D eigenvalue weighted by Gasteiger charge is -2.20. The monoisotopic (exact) mass is 506 g/mol. The molecule has 3 aromatic heterocycles. The zero-order chi connectivity index (χ0) is 26.8. The summed E-state index contributed by atoms with van der Waals surface area (Å²) in [5.74, 6) is 0.287. The zero-order valence-electron chi connectivity index (χ0n) is 21.9. The maximum atomic E-state index is 13.4. The molecule has 2 N–H and O–H groups in total. The Morgan fingerprint density at radius 1 is 1.08 bits per heavy atom. The topological polar surface area (TPSA) is 89.2 Å². The van der Waals surface area contributed by atoms with Crippen LogP contribution in [0.4, 0.5) is 5.69 Å². The second-order valence-corrected chi connectivity index (χ2v) is 9.62. The number of pyridine rings is 1. The van der Waals surface area contributed by atoms with Gasteiger partial charge in [0.25, 0.3) is 5.91 Å². The van der Waals surface area contributed by atoms with Crippen molar-refractivity contribution in [2.45, 2.75) is 33.4 Å². The number of carbonyl (C=O) groups is 1. The molecular formula is C31H30N4O3. The molecule has 0 spiro atoms. The van der Waals surface area contributed by atoms with Crippen LogP contribution < -0.4 is 16.1 Å². The molecule has 1 atom stereocenters. The van der Waals surface area contributed by atoms with Crippen molar-refractivity contribution in [3.05, 3.63) is 117 Å². The highest BCUT2D eigenvalue weighted by Crippen LogP contribution is 2.32.